The van der Waals surface area contributed by atoms with Crippen LogP contribution in [0.2, 0.25) is 10.0 Å². The topological polar surface area (TPSA) is 51.2 Å². The monoisotopic (exact) mass is 330 g/mol. The summed E-state index contributed by atoms with van der Waals surface area (Å²) in [5.74, 6) is 0.225. The first-order chi connectivity index (χ1) is 9.54. The highest BCUT2D eigenvalue weighted by molar-refractivity contribution is 7.09. The molecule has 106 valence electrons. The molecule has 0 bridgehead atoms. The van der Waals surface area contributed by atoms with E-state index in [9.17, 15) is 4.79 Å². The molecule has 0 saturated carbocycles. The van der Waals surface area contributed by atoms with E-state index in [2.05, 4.69) is 10.3 Å². The number of nitrogens with zero attached hydrogens (tertiary/aromatic N) is 1. The molecule has 0 aliphatic heterocycles. The van der Waals surface area contributed by atoms with E-state index in [1.165, 1.54) is 11.3 Å². The Morgan fingerprint density at radius 1 is 1.40 bits per heavy atom. The van der Waals surface area contributed by atoms with E-state index in [-0.39, 0.29) is 18.6 Å². The van der Waals surface area contributed by atoms with Crippen LogP contribution >= 0.6 is 34.5 Å². The average Bonchev–Trinajstić information content (AvgIpc) is 2.89. The lowest BCUT2D eigenvalue weighted by atomic mass is 10.3. The minimum absolute atomic E-state index is 0.105. The molecule has 20 heavy (non-hydrogen) atoms. The van der Waals surface area contributed by atoms with Crippen molar-refractivity contribution in [3.63, 3.8) is 0 Å². The molecular formula is C13H12Cl2N2O2S. The van der Waals surface area contributed by atoms with Crippen LogP contribution in [0, 0.1) is 0 Å². The van der Waals surface area contributed by atoms with Crippen LogP contribution in [0.4, 0.5) is 0 Å². The van der Waals surface area contributed by atoms with Crippen LogP contribution in [0.1, 0.15) is 18.0 Å². The number of benzene rings is 1. The van der Waals surface area contributed by atoms with Crippen LogP contribution in [0.15, 0.2) is 29.8 Å². The second kappa shape index (κ2) is 6.92. The van der Waals surface area contributed by atoms with E-state index in [0.29, 0.717) is 15.8 Å². The van der Waals surface area contributed by atoms with Gasteiger partial charge in [0.2, 0.25) is 0 Å². The van der Waals surface area contributed by atoms with Crippen LogP contribution in [0.3, 0.4) is 0 Å². The lowest BCUT2D eigenvalue weighted by molar-refractivity contribution is -0.123. The van der Waals surface area contributed by atoms with E-state index >= 15 is 0 Å². The number of hydrogen-bond donors (Lipinski definition) is 1. The van der Waals surface area contributed by atoms with Gasteiger partial charge in [-0.1, -0.05) is 23.2 Å². The fourth-order valence-corrected chi connectivity index (χ4v) is 2.71. The first-order valence-electron chi connectivity index (χ1n) is 5.82. The molecule has 0 aliphatic rings. The van der Waals surface area contributed by atoms with E-state index in [1.54, 1.807) is 24.4 Å². The highest BCUT2D eigenvalue weighted by Gasteiger charge is 2.12. The predicted octanol–water partition coefficient (Wildman–Crippen LogP) is 3.71. The first-order valence-corrected chi connectivity index (χ1v) is 7.46. The summed E-state index contributed by atoms with van der Waals surface area (Å²) in [5.41, 5.74) is 0. The highest BCUT2D eigenvalue weighted by atomic mass is 35.5. The summed E-state index contributed by atoms with van der Waals surface area (Å²) in [6.45, 7) is 1.76. The quantitative estimate of drug-likeness (QED) is 0.909. The van der Waals surface area contributed by atoms with Crippen molar-refractivity contribution in [2.75, 3.05) is 6.61 Å². The summed E-state index contributed by atoms with van der Waals surface area (Å²) in [6.07, 6.45) is 1.70. The van der Waals surface area contributed by atoms with Gasteiger partial charge in [-0.15, -0.1) is 11.3 Å². The maximum absolute atomic E-state index is 11.8. The maximum Gasteiger partial charge on any atom is 0.258 e. The third-order valence-electron chi connectivity index (χ3n) is 2.41. The fraction of sp³-hybridized carbons (Fsp3) is 0.231. The Hall–Kier alpha value is -1.30. The van der Waals surface area contributed by atoms with Gasteiger partial charge in [-0.25, -0.2) is 4.98 Å². The number of hydrogen-bond acceptors (Lipinski definition) is 4. The maximum atomic E-state index is 11.8. The lowest BCUT2D eigenvalue weighted by Gasteiger charge is -2.12. The fourth-order valence-electron chi connectivity index (χ4n) is 1.55. The Morgan fingerprint density at radius 2 is 2.10 bits per heavy atom. The molecular weight excluding hydrogens is 319 g/mol. The zero-order chi connectivity index (χ0) is 14.5. The molecule has 2 aromatic rings. The lowest BCUT2D eigenvalue weighted by Crippen LogP contribution is -2.31. The molecule has 4 nitrogen and oxygen atoms in total. The SMILES string of the molecule is CC(NC(=O)COc1cc(Cl)cc(Cl)c1)c1nccs1. The van der Waals surface area contributed by atoms with Crippen molar-refractivity contribution in [2.24, 2.45) is 0 Å². The second-order valence-electron chi connectivity index (χ2n) is 4.05. The zero-order valence-corrected chi connectivity index (χ0v) is 12.9. The van der Waals surface area contributed by atoms with Crippen molar-refractivity contribution in [1.82, 2.24) is 10.3 Å². The van der Waals surface area contributed by atoms with Crippen molar-refractivity contribution >= 4 is 40.4 Å². The Kier molecular flexibility index (Phi) is 5.23. The molecule has 1 aromatic carbocycles. The van der Waals surface area contributed by atoms with Crippen LogP contribution < -0.4 is 10.1 Å². The van der Waals surface area contributed by atoms with Gasteiger partial charge >= 0.3 is 0 Å². The number of aromatic nitrogens is 1. The summed E-state index contributed by atoms with van der Waals surface area (Å²) in [5, 5.41) is 6.44. The highest BCUT2D eigenvalue weighted by Crippen LogP contribution is 2.24. The summed E-state index contributed by atoms with van der Waals surface area (Å²) in [6, 6.07) is 4.66. The third-order valence-corrected chi connectivity index (χ3v) is 3.80. The molecule has 1 unspecified atom stereocenters. The number of ether oxygens (including phenoxy) is 1. The number of carbonyl (C=O) groups is 1. The van der Waals surface area contributed by atoms with Crippen molar-refractivity contribution in [1.29, 1.82) is 0 Å². The van der Waals surface area contributed by atoms with E-state index in [0.717, 1.165) is 5.01 Å². The van der Waals surface area contributed by atoms with Crippen LogP contribution in [-0.2, 0) is 4.79 Å². The van der Waals surface area contributed by atoms with Crippen LogP contribution in [-0.4, -0.2) is 17.5 Å². The smallest absolute Gasteiger partial charge is 0.258 e. The number of amides is 1. The van der Waals surface area contributed by atoms with Gasteiger partial charge in [-0.05, 0) is 25.1 Å². The van der Waals surface area contributed by atoms with Crippen LogP contribution in [0.5, 0.6) is 5.75 Å². The van der Waals surface area contributed by atoms with Gasteiger partial charge in [0, 0.05) is 21.6 Å². The molecule has 1 heterocycles. The summed E-state index contributed by atoms with van der Waals surface area (Å²) >= 11 is 13.2. The van der Waals surface area contributed by atoms with Crippen LogP contribution in [0.25, 0.3) is 0 Å². The summed E-state index contributed by atoms with van der Waals surface area (Å²) in [7, 11) is 0. The molecule has 1 atom stereocenters. The van der Waals surface area contributed by atoms with E-state index < -0.39 is 0 Å². The third kappa shape index (κ3) is 4.37. The number of rotatable bonds is 5. The number of halogens is 2. The number of carbonyl (C=O) groups excluding carboxylic acids is 1. The van der Waals surface area contributed by atoms with E-state index in [4.69, 9.17) is 27.9 Å². The van der Waals surface area contributed by atoms with Crippen molar-refractivity contribution in [3.05, 3.63) is 44.8 Å². The molecule has 1 N–H and O–H groups in total. The summed E-state index contributed by atoms with van der Waals surface area (Å²) < 4.78 is 5.35. The standard InChI is InChI=1S/C13H12Cl2N2O2S/c1-8(13-16-2-3-20-13)17-12(18)7-19-11-5-9(14)4-10(15)6-11/h2-6,8H,7H2,1H3,(H,17,18). The normalized spacial score (nSPS) is 11.9. The molecule has 0 aliphatic carbocycles. The molecule has 7 heteroatoms. The Bertz CT molecular complexity index is 570. The minimum Gasteiger partial charge on any atom is -0.484 e. The van der Waals surface area contributed by atoms with Gasteiger partial charge in [0.05, 0.1) is 6.04 Å². The molecule has 1 amide bonds. The first kappa shape index (κ1) is 15.1. The van der Waals surface area contributed by atoms with Crippen molar-refractivity contribution < 1.29 is 9.53 Å². The molecule has 0 radical (unpaired) electrons. The molecule has 2 rings (SSSR count). The molecule has 1 aromatic heterocycles. The van der Waals surface area contributed by atoms with Gasteiger partial charge in [-0.2, -0.15) is 0 Å². The minimum atomic E-state index is -0.233. The second-order valence-corrected chi connectivity index (χ2v) is 5.85. The van der Waals surface area contributed by atoms with Gasteiger partial charge < -0.3 is 10.1 Å². The Morgan fingerprint density at radius 3 is 2.70 bits per heavy atom. The van der Waals surface area contributed by atoms with Gasteiger partial charge in [-0.3, -0.25) is 4.79 Å². The van der Waals surface area contributed by atoms with Crippen molar-refractivity contribution in [3.8, 4) is 5.75 Å². The van der Waals surface area contributed by atoms with Crippen molar-refractivity contribution in [2.45, 2.75) is 13.0 Å². The predicted molar refractivity (Wildman–Crippen MR) is 80.6 cm³/mol. The molecule has 0 fully saturated rings. The zero-order valence-electron chi connectivity index (χ0n) is 10.6. The number of nitrogens with one attached hydrogen (secondary N) is 1. The van der Waals surface area contributed by atoms with E-state index in [1.807, 2.05) is 12.3 Å². The van der Waals surface area contributed by atoms with Gasteiger partial charge in [0.15, 0.2) is 6.61 Å². The Labute approximate surface area is 130 Å². The molecule has 0 saturated heterocycles. The van der Waals surface area contributed by atoms with Gasteiger partial charge in [0.25, 0.3) is 5.91 Å². The van der Waals surface area contributed by atoms with Gasteiger partial charge in [0.1, 0.15) is 10.8 Å². The summed E-state index contributed by atoms with van der Waals surface area (Å²) in [4.78, 5) is 15.9. The number of thiazole rings is 1. The Balaban J connectivity index is 1.86. The average molecular weight is 331 g/mol. The molecule has 0 spiro atoms. The largest absolute Gasteiger partial charge is 0.484 e.